The molecule has 0 saturated carbocycles. The average molecular weight is 395 g/mol. The number of para-hydroxylation sites is 1. The number of ether oxygens (including phenoxy) is 1. The van der Waals surface area contributed by atoms with E-state index in [-0.39, 0.29) is 0 Å². The van der Waals surface area contributed by atoms with Crippen molar-refractivity contribution in [2.45, 2.75) is 52.5 Å². The van der Waals surface area contributed by atoms with Gasteiger partial charge in [0.25, 0.3) is 5.91 Å². The molecule has 0 saturated heterocycles. The van der Waals surface area contributed by atoms with Crippen molar-refractivity contribution < 1.29 is 9.53 Å². The van der Waals surface area contributed by atoms with Crippen molar-refractivity contribution in [3.8, 4) is 16.9 Å². The zero-order chi connectivity index (χ0) is 20.8. The smallest absolute Gasteiger partial charge is 0.251 e. The molecule has 0 aliphatic rings. The highest BCUT2D eigenvalue weighted by molar-refractivity contribution is 6.03. The van der Waals surface area contributed by atoms with Gasteiger partial charge < -0.3 is 20.0 Å². The van der Waals surface area contributed by atoms with Gasteiger partial charge in [-0.1, -0.05) is 38.0 Å². The number of primary amides is 1. The number of benzene rings is 1. The Kier molecular flexibility index (Phi) is 6.75. The first-order valence-electron chi connectivity index (χ1n) is 10.2. The van der Waals surface area contributed by atoms with E-state index >= 15 is 0 Å². The van der Waals surface area contributed by atoms with Crippen LogP contribution in [0.3, 0.4) is 0 Å². The van der Waals surface area contributed by atoms with Crippen LogP contribution in [0, 0.1) is 6.92 Å². The fourth-order valence-corrected chi connectivity index (χ4v) is 4.00. The Hall–Kier alpha value is -3.02. The maximum absolute atomic E-state index is 12.5. The van der Waals surface area contributed by atoms with Crippen LogP contribution < -0.4 is 10.5 Å². The summed E-state index contributed by atoms with van der Waals surface area (Å²) in [4.78, 5) is 19.8. The minimum absolute atomic E-state index is 0.402. The van der Waals surface area contributed by atoms with Crippen LogP contribution in [0.15, 0.2) is 36.8 Å². The number of aryl methyl sites for hydroxylation is 1. The summed E-state index contributed by atoms with van der Waals surface area (Å²) in [5.41, 5.74) is 11.4. The van der Waals surface area contributed by atoms with Crippen molar-refractivity contribution in [3.63, 3.8) is 0 Å². The first kappa shape index (κ1) is 20.7. The molecule has 0 aliphatic carbocycles. The summed E-state index contributed by atoms with van der Waals surface area (Å²) in [5.74, 6) is 0.345. The van der Waals surface area contributed by atoms with Gasteiger partial charge in [0.1, 0.15) is 5.75 Å². The summed E-state index contributed by atoms with van der Waals surface area (Å²) in [6.45, 7) is 4.93. The fourth-order valence-electron chi connectivity index (χ4n) is 4.00. The normalized spacial score (nSPS) is 11.0. The fraction of sp³-hybridized carbons (Fsp3) is 0.391. The number of nitrogens with two attached hydrogens (primary N) is 1. The number of nitrogens with zero attached hydrogens (tertiary/aromatic N) is 2. The van der Waals surface area contributed by atoms with Crippen molar-refractivity contribution in [1.29, 1.82) is 0 Å². The van der Waals surface area contributed by atoms with Gasteiger partial charge in [-0.2, -0.15) is 0 Å². The van der Waals surface area contributed by atoms with E-state index in [1.165, 1.54) is 0 Å². The molecule has 0 aliphatic heterocycles. The molecular formula is C23H30N4O2. The number of hydrogen-bond acceptors (Lipinski definition) is 3. The predicted molar refractivity (Wildman–Crippen MR) is 115 cm³/mol. The van der Waals surface area contributed by atoms with Crippen molar-refractivity contribution in [3.05, 3.63) is 59.4 Å². The Morgan fingerprint density at radius 1 is 1.24 bits per heavy atom. The lowest BCUT2D eigenvalue weighted by Crippen LogP contribution is -2.14. The Morgan fingerprint density at radius 3 is 2.69 bits per heavy atom. The standard InChI is InChI=1S/C23H30N4O2/c1-4-5-6-10-19-22(18-9-7-8-11-20(18)29-3)21(23(24)28)16(2)27(19)13-12-17-14-25-15-26-17/h7-9,11,14-15H,4-6,10,12-13H2,1-3H3,(H2,24,28)(H,25,26). The van der Waals surface area contributed by atoms with Crippen LogP contribution in [0.2, 0.25) is 0 Å². The first-order valence-corrected chi connectivity index (χ1v) is 10.2. The van der Waals surface area contributed by atoms with E-state index in [0.29, 0.717) is 5.56 Å². The van der Waals surface area contributed by atoms with E-state index in [0.717, 1.165) is 72.6 Å². The lowest BCUT2D eigenvalue weighted by molar-refractivity contribution is 0.1000. The van der Waals surface area contributed by atoms with Gasteiger partial charge in [-0.3, -0.25) is 4.79 Å². The maximum Gasteiger partial charge on any atom is 0.251 e. The molecule has 6 heteroatoms. The highest BCUT2D eigenvalue weighted by atomic mass is 16.5. The lowest BCUT2D eigenvalue weighted by atomic mass is 9.96. The number of unbranched alkanes of at least 4 members (excludes halogenated alkanes) is 2. The van der Waals surface area contributed by atoms with Crippen LogP contribution in [0.25, 0.3) is 11.1 Å². The summed E-state index contributed by atoms with van der Waals surface area (Å²) in [6, 6.07) is 7.83. The van der Waals surface area contributed by atoms with Crippen LogP contribution in [0.5, 0.6) is 5.75 Å². The molecule has 0 fully saturated rings. The number of amides is 1. The van der Waals surface area contributed by atoms with Gasteiger partial charge in [0.05, 0.1) is 19.0 Å². The molecule has 2 aromatic heterocycles. The van der Waals surface area contributed by atoms with E-state index in [2.05, 4.69) is 21.5 Å². The number of aromatic amines is 1. The first-order chi connectivity index (χ1) is 14.1. The number of nitrogens with one attached hydrogen (secondary N) is 1. The molecule has 0 bridgehead atoms. The molecule has 29 heavy (non-hydrogen) atoms. The number of carbonyl (C=O) groups excluding carboxylic acids is 1. The Bertz CT molecular complexity index is 958. The van der Waals surface area contributed by atoms with Crippen molar-refractivity contribution in [1.82, 2.24) is 14.5 Å². The summed E-state index contributed by atoms with van der Waals surface area (Å²) in [6.07, 6.45) is 8.56. The number of imidazole rings is 1. The third kappa shape index (κ3) is 4.36. The summed E-state index contributed by atoms with van der Waals surface area (Å²) in [5, 5.41) is 0. The van der Waals surface area contributed by atoms with Crippen molar-refractivity contribution in [2.75, 3.05) is 7.11 Å². The van der Waals surface area contributed by atoms with Gasteiger partial charge in [-0.15, -0.1) is 0 Å². The van der Waals surface area contributed by atoms with Crippen LogP contribution in [0.4, 0.5) is 0 Å². The maximum atomic E-state index is 12.5. The molecule has 3 aromatic rings. The van der Waals surface area contributed by atoms with Crippen LogP contribution >= 0.6 is 0 Å². The highest BCUT2D eigenvalue weighted by Crippen LogP contribution is 2.38. The molecule has 3 N–H and O–H groups in total. The second-order valence-corrected chi connectivity index (χ2v) is 7.28. The SMILES string of the molecule is CCCCCc1c(-c2ccccc2OC)c(C(N)=O)c(C)n1CCc1cnc[nH]1. The van der Waals surface area contributed by atoms with Gasteiger partial charge in [0, 0.05) is 47.4 Å². The van der Waals surface area contributed by atoms with Gasteiger partial charge in [-0.25, -0.2) is 4.98 Å². The Labute approximate surface area is 172 Å². The number of aromatic nitrogens is 3. The minimum atomic E-state index is -0.402. The molecule has 154 valence electrons. The van der Waals surface area contributed by atoms with Gasteiger partial charge in [0.15, 0.2) is 0 Å². The second-order valence-electron chi connectivity index (χ2n) is 7.28. The molecule has 0 unspecified atom stereocenters. The number of H-pyrrole nitrogens is 1. The molecule has 1 aromatic carbocycles. The molecule has 3 rings (SSSR count). The number of rotatable bonds is 10. The largest absolute Gasteiger partial charge is 0.496 e. The van der Waals surface area contributed by atoms with E-state index < -0.39 is 5.91 Å². The van der Waals surface area contributed by atoms with E-state index in [1.807, 2.05) is 37.4 Å². The topological polar surface area (TPSA) is 85.9 Å². The van der Waals surface area contributed by atoms with Crippen LogP contribution in [-0.4, -0.2) is 27.6 Å². The lowest BCUT2D eigenvalue weighted by Gasteiger charge is -2.14. The zero-order valence-corrected chi connectivity index (χ0v) is 17.5. The van der Waals surface area contributed by atoms with Gasteiger partial charge in [-0.05, 0) is 25.8 Å². The van der Waals surface area contributed by atoms with Crippen LogP contribution in [-0.2, 0) is 19.4 Å². The zero-order valence-electron chi connectivity index (χ0n) is 17.5. The van der Waals surface area contributed by atoms with Gasteiger partial charge in [0.2, 0.25) is 0 Å². The number of methoxy groups -OCH3 is 1. The Balaban J connectivity index is 2.15. The average Bonchev–Trinajstić information content (AvgIpc) is 3.33. The molecule has 6 nitrogen and oxygen atoms in total. The van der Waals surface area contributed by atoms with E-state index in [9.17, 15) is 4.79 Å². The third-order valence-electron chi connectivity index (χ3n) is 5.43. The van der Waals surface area contributed by atoms with Gasteiger partial charge >= 0.3 is 0 Å². The molecule has 0 atom stereocenters. The third-order valence-corrected chi connectivity index (χ3v) is 5.43. The minimum Gasteiger partial charge on any atom is -0.496 e. The predicted octanol–water partition coefficient (Wildman–Crippen LogP) is 4.27. The van der Waals surface area contributed by atoms with Crippen LogP contribution in [0.1, 0.15) is 53.6 Å². The molecule has 1 amide bonds. The summed E-state index contributed by atoms with van der Waals surface area (Å²) in [7, 11) is 1.65. The Morgan fingerprint density at radius 2 is 2.03 bits per heavy atom. The highest BCUT2D eigenvalue weighted by Gasteiger charge is 2.26. The van der Waals surface area contributed by atoms with E-state index in [1.54, 1.807) is 13.4 Å². The summed E-state index contributed by atoms with van der Waals surface area (Å²) < 4.78 is 7.86. The molecule has 0 radical (unpaired) electrons. The molecule has 0 spiro atoms. The second kappa shape index (κ2) is 9.45. The van der Waals surface area contributed by atoms with E-state index in [4.69, 9.17) is 10.5 Å². The molecular weight excluding hydrogens is 364 g/mol. The number of hydrogen-bond donors (Lipinski definition) is 2. The van der Waals surface area contributed by atoms with Crippen molar-refractivity contribution >= 4 is 5.91 Å². The number of carbonyl (C=O) groups is 1. The quantitative estimate of drug-likeness (QED) is 0.504. The monoisotopic (exact) mass is 394 g/mol. The van der Waals surface area contributed by atoms with Crippen molar-refractivity contribution in [2.24, 2.45) is 5.73 Å². The summed E-state index contributed by atoms with van der Waals surface area (Å²) >= 11 is 0. The molecule has 2 heterocycles.